The van der Waals surface area contributed by atoms with E-state index in [0.29, 0.717) is 16.9 Å². The molecule has 1 saturated carbocycles. The zero-order valence-electron chi connectivity index (χ0n) is 13.1. The number of rotatable bonds is 2. The van der Waals surface area contributed by atoms with Crippen LogP contribution in [0, 0.1) is 22.7 Å². The predicted molar refractivity (Wildman–Crippen MR) is 77.1 cm³/mol. The normalized spacial score (nSPS) is 35.4. The molecule has 0 aromatic carbocycles. The molecule has 0 spiro atoms. The van der Waals surface area contributed by atoms with Crippen molar-refractivity contribution in [2.24, 2.45) is 22.7 Å². The standard InChI is InChI=1S/C16H29NO2/c1-11-8-17(9-13(11)14(18)19)12-6-15(2,3)10-16(4,5)7-12/h11-13H,6-10H2,1-5H3,(H,18,19). The smallest absolute Gasteiger partial charge is 0.308 e. The first kappa shape index (κ1) is 14.8. The minimum Gasteiger partial charge on any atom is -0.481 e. The molecule has 110 valence electrons. The van der Waals surface area contributed by atoms with Crippen LogP contribution in [0.2, 0.25) is 0 Å². The van der Waals surface area contributed by atoms with Gasteiger partial charge in [-0.25, -0.2) is 0 Å². The van der Waals surface area contributed by atoms with Crippen LogP contribution < -0.4 is 0 Å². The van der Waals surface area contributed by atoms with Crippen molar-refractivity contribution in [3.63, 3.8) is 0 Å². The number of hydrogen-bond donors (Lipinski definition) is 1. The van der Waals surface area contributed by atoms with Gasteiger partial charge >= 0.3 is 5.97 Å². The van der Waals surface area contributed by atoms with E-state index in [-0.39, 0.29) is 11.8 Å². The van der Waals surface area contributed by atoms with Gasteiger partial charge in [0, 0.05) is 19.1 Å². The number of carboxylic acids is 1. The topological polar surface area (TPSA) is 40.5 Å². The van der Waals surface area contributed by atoms with Gasteiger partial charge in [-0.15, -0.1) is 0 Å². The molecule has 0 radical (unpaired) electrons. The summed E-state index contributed by atoms with van der Waals surface area (Å²) in [7, 11) is 0. The summed E-state index contributed by atoms with van der Waals surface area (Å²) in [6.45, 7) is 13.2. The first-order valence-electron chi connectivity index (χ1n) is 7.56. The second-order valence-electron chi connectivity index (χ2n) is 8.44. The molecule has 1 aliphatic carbocycles. The number of carbonyl (C=O) groups is 1. The van der Waals surface area contributed by atoms with E-state index in [1.165, 1.54) is 19.3 Å². The van der Waals surface area contributed by atoms with Crippen molar-refractivity contribution >= 4 is 5.97 Å². The molecule has 2 rings (SSSR count). The maximum Gasteiger partial charge on any atom is 0.308 e. The zero-order chi connectivity index (χ0) is 14.4. The average molecular weight is 267 g/mol. The molecule has 2 atom stereocenters. The summed E-state index contributed by atoms with van der Waals surface area (Å²) in [5.74, 6) is -0.511. The minimum atomic E-state index is -0.621. The highest BCUT2D eigenvalue weighted by Crippen LogP contribution is 2.48. The Kier molecular flexibility index (Phi) is 3.72. The largest absolute Gasteiger partial charge is 0.481 e. The second kappa shape index (κ2) is 4.76. The predicted octanol–water partition coefficient (Wildman–Crippen LogP) is 3.24. The van der Waals surface area contributed by atoms with Crippen molar-refractivity contribution in [3.05, 3.63) is 0 Å². The van der Waals surface area contributed by atoms with Crippen molar-refractivity contribution in [2.75, 3.05) is 13.1 Å². The van der Waals surface area contributed by atoms with Crippen LogP contribution in [0.25, 0.3) is 0 Å². The highest BCUT2D eigenvalue weighted by atomic mass is 16.4. The fourth-order valence-corrected chi connectivity index (χ4v) is 4.67. The third-order valence-electron chi connectivity index (χ3n) is 5.01. The lowest BCUT2D eigenvalue weighted by Gasteiger charge is -2.48. The Labute approximate surface area is 117 Å². The Balaban J connectivity index is 2.08. The first-order valence-corrected chi connectivity index (χ1v) is 7.56. The second-order valence-corrected chi connectivity index (χ2v) is 8.44. The van der Waals surface area contributed by atoms with Gasteiger partial charge in [-0.2, -0.15) is 0 Å². The molecule has 2 unspecified atom stereocenters. The van der Waals surface area contributed by atoms with Gasteiger partial charge < -0.3 is 5.11 Å². The van der Waals surface area contributed by atoms with Gasteiger partial charge in [0.15, 0.2) is 0 Å². The van der Waals surface area contributed by atoms with E-state index < -0.39 is 5.97 Å². The molecule has 1 saturated heterocycles. The monoisotopic (exact) mass is 267 g/mol. The molecule has 0 bridgehead atoms. The molecule has 1 aliphatic heterocycles. The summed E-state index contributed by atoms with van der Waals surface area (Å²) in [6.07, 6.45) is 3.67. The van der Waals surface area contributed by atoms with Crippen LogP contribution in [0.4, 0.5) is 0 Å². The van der Waals surface area contributed by atoms with Crippen LogP contribution in [0.5, 0.6) is 0 Å². The van der Waals surface area contributed by atoms with Crippen LogP contribution in [0.15, 0.2) is 0 Å². The van der Waals surface area contributed by atoms with Gasteiger partial charge in [-0.1, -0.05) is 34.6 Å². The zero-order valence-corrected chi connectivity index (χ0v) is 13.1. The molecule has 1 heterocycles. The first-order chi connectivity index (χ1) is 8.60. The summed E-state index contributed by atoms with van der Waals surface area (Å²) in [5, 5.41) is 9.28. The van der Waals surface area contributed by atoms with Gasteiger partial charge in [0.25, 0.3) is 0 Å². The van der Waals surface area contributed by atoms with Crippen LogP contribution in [-0.4, -0.2) is 35.1 Å². The third-order valence-corrected chi connectivity index (χ3v) is 5.01. The van der Waals surface area contributed by atoms with Crippen molar-refractivity contribution in [1.29, 1.82) is 0 Å². The fraction of sp³-hybridized carbons (Fsp3) is 0.938. The summed E-state index contributed by atoms with van der Waals surface area (Å²) >= 11 is 0. The number of likely N-dealkylation sites (tertiary alicyclic amines) is 1. The minimum absolute atomic E-state index is 0.173. The van der Waals surface area contributed by atoms with Gasteiger partial charge in [-0.3, -0.25) is 9.69 Å². The third kappa shape index (κ3) is 3.31. The molecular formula is C16H29NO2. The fourth-order valence-electron chi connectivity index (χ4n) is 4.67. The summed E-state index contributed by atoms with van der Waals surface area (Å²) in [6, 6.07) is 0.561. The summed E-state index contributed by atoms with van der Waals surface area (Å²) < 4.78 is 0. The average Bonchev–Trinajstić information content (AvgIpc) is 2.55. The number of carboxylic acid groups (broad SMARTS) is 1. The van der Waals surface area contributed by atoms with E-state index in [1.807, 2.05) is 0 Å². The molecule has 3 heteroatoms. The maximum absolute atomic E-state index is 11.3. The van der Waals surface area contributed by atoms with Crippen molar-refractivity contribution in [1.82, 2.24) is 4.90 Å². The van der Waals surface area contributed by atoms with Crippen molar-refractivity contribution < 1.29 is 9.90 Å². The summed E-state index contributed by atoms with van der Waals surface area (Å²) in [4.78, 5) is 13.7. The quantitative estimate of drug-likeness (QED) is 0.835. The maximum atomic E-state index is 11.3. The lowest BCUT2D eigenvalue weighted by molar-refractivity contribution is -0.142. The van der Waals surface area contributed by atoms with Crippen molar-refractivity contribution in [3.8, 4) is 0 Å². The van der Waals surface area contributed by atoms with Gasteiger partial charge in [-0.05, 0) is 36.0 Å². The number of nitrogens with zero attached hydrogens (tertiary/aromatic N) is 1. The Morgan fingerprint density at radius 3 is 2.05 bits per heavy atom. The molecule has 0 aromatic heterocycles. The van der Waals surface area contributed by atoms with E-state index in [2.05, 4.69) is 39.5 Å². The molecule has 19 heavy (non-hydrogen) atoms. The van der Waals surface area contributed by atoms with Gasteiger partial charge in [0.1, 0.15) is 0 Å². The van der Waals surface area contributed by atoms with E-state index in [9.17, 15) is 9.90 Å². The van der Waals surface area contributed by atoms with Crippen LogP contribution >= 0.6 is 0 Å². The van der Waals surface area contributed by atoms with E-state index in [4.69, 9.17) is 0 Å². The highest BCUT2D eigenvalue weighted by molar-refractivity contribution is 5.71. The Morgan fingerprint density at radius 2 is 1.63 bits per heavy atom. The van der Waals surface area contributed by atoms with Crippen LogP contribution in [0.3, 0.4) is 0 Å². The van der Waals surface area contributed by atoms with Crippen molar-refractivity contribution in [2.45, 2.75) is 59.9 Å². The van der Waals surface area contributed by atoms with Crippen LogP contribution in [0.1, 0.15) is 53.9 Å². The molecule has 3 nitrogen and oxygen atoms in total. The highest BCUT2D eigenvalue weighted by Gasteiger charge is 2.44. The molecule has 1 N–H and O–H groups in total. The van der Waals surface area contributed by atoms with E-state index >= 15 is 0 Å². The van der Waals surface area contributed by atoms with E-state index in [1.54, 1.807) is 0 Å². The Hall–Kier alpha value is -0.570. The Bertz CT molecular complexity index is 346. The molecule has 0 aromatic rings. The summed E-state index contributed by atoms with van der Waals surface area (Å²) in [5.41, 5.74) is 0.744. The van der Waals surface area contributed by atoms with Gasteiger partial charge in [0.2, 0.25) is 0 Å². The van der Waals surface area contributed by atoms with Crippen LogP contribution in [-0.2, 0) is 4.79 Å². The SMILES string of the molecule is CC1CN(C2CC(C)(C)CC(C)(C)C2)CC1C(=O)O. The molecular weight excluding hydrogens is 238 g/mol. The van der Waals surface area contributed by atoms with Gasteiger partial charge in [0.05, 0.1) is 5.92 Å². The molecule has 0 amide bonds. The lowest BCUT2D eigenvalue weighted by atomic mass is 9.63. The molecule has 2 fully saturated rings. The Morgan fingerprint density at radius 1 is 1.11 bits per heavy atom. The number of hydrogen-bond acceptors (Lipinski definition) is 2. The van der Waals surface area contributed by atoms with E-state index in [0.717, 1.165) is 13.1 Å². The molecule has 2 aliphatic rings. The lowest BCUT2D eigenvalue weighted by Crippen LogP contribution is -2.45. The number of aliphatic carboxylic acids is 1.